The van der Waals surface area contributed by atoms with Gasteiger partial charge in [0.1, 0.15) is 0 Å². The highest BCUT2D eigenvalue weighted by Gasteiger charge is 1.98. The molecule has 86 valence electrons. The van der Waals surface area contributed by atoms with Crippen LogP contribution in [-0.2, 0) is 0 Å². The molecule has 0 saturated heterocycles. The molecule has 0 bridgehead atoms. The summed E-state index contributed by atoms with van der Waals surface area (Å²) in [5.41, 5.74) is 2.46. The molecule has 0 nitrogen and oxygen atoms in total. The van der Waals surface area contributed by atoms with Crippen LogP contribution in [0.4, 0.5) is 0 Å². The molecule has 1 rings (SSSR count). The van der Waals surface area contributed by atoms with E-state index >= 15 is 0 Å². The van der Waals surface area contributed by atoms with Gasteiger partial charge >= 0.3 is 0 Å². The van der Waals surface area contributed by atoms with E-state index < -0.39 is 0 Å². The molecular weight excluding hydrogens is 216 g/mol. The summed E-state index contributed by atoms with van der Waals surface area (Å²) in [7, 11) is 0. The highest BCUT2D eigenvalue weighted by molar-refractivity contribution is 6.30. The Kier molecular flexibility index (Phi) is 5.34. The average Bonchev–Trinajstić information content (AvgIpc) is 2.31. The number of halogens is 1. The summed E-state index contributed by atoms with van der Waals surface area (Å²) in [4.78, 5) is 0. The average molecular weight is 235 g/mol. The zero-order valence-electron chi connectivity index (χ0n) is 10.2. The Morgan fingerprint density at radius 1 is 1.31 bits per heavy atom. The molecule has 16 heavy (non-hydrogen) atoms. The molecule has 1 heteroatoms. The van der Waals surface area contributed by atoms with E-state index in [0.29, 0.717) is 5.92 Å². The molecule has 1 aromatic carbocycles. The summed E-state index contributed by atoms with van der Waals surface area (Å²) in [6.07, 6.45) is 7.75. The lowest BCUT2D eigenvalue weighted by Gasteiger charge is -2.04. The van der Waals surface area contributed by atoms with Crippen molar-refractivity contribution < 1.29 is 0 Å². The molecule has 0 aliphatic carbocycles. The lowest BCUT2D eigenvalue weighted by atomic mass is 10.0. The Morgan fingerprint density at radius 3 is 2.44 bits per heavy atom. The summed E-state index contributed by atoms with van der Waals surface area (Å²) < 4.78 is 0. The highest BCUT2D eigenvalue weighted by atomic mass is 35.5. The molecule has 0 fully saturated rings. The van der Waals surface area contributed by atoms with E-state index in [4.69, 9.17) is 11.6 Å². The van der Waals surface area contributed by atoms with Crippen LogP contribution in [0.25, 0.3) is 5.57 Å². The first kappa shape index (κ1) is 13.1. The van der Waals surface area contributed by atoms with Crippen molar-refractivity contribution in [2.24, 2.45) is 5.92 Å². The number of benzene rings is 1. The van der Waals surface area contributed by atoms with E-state index in [9.17, 15) is 0 Å². The molecule has 0 unspecified atom stereocenters. The summed E-state index contributed by atoms with van der Waals surface area (Å²) in [5, 5.41) is 0.783. The van der Waals surface area contributed by atoms with Gasteiger partial charge in [-0.3, -0.25) is 0 Å². The maximum Gasteiger partial charge on any atom is 0.0406 e. The second kappa shape index (κ2) is 6.55. The van der Waals surface area contributed by atoms with Crippen LogP contribution in [0, 0.1) is 5.92 Å². The SMILES string of the molecule is C/C=C(\C=C/[C@@H](C)CC)c1ccc(Cl)cc1. The lowest BCUT2D eigenvalue weighted by Crippen LogP contribution is -1.86. The molecule has 0 aliphatic heterocycles. The van der Waals surface area contributed by atoms with Crippen LogP contribution in [0.5, 0.6) is 0 Å². The van der Waals surface area contributed by atoms with Crippen LogP contribution >= 0.6 is 11.6 Å². The highest BCUT2D eigenvalue weighted by Crippen LogP contribution is 2.19. The van der Waals surface area contributed by atoms with Gasteiger partial charge in [-0.1, -0.05) is 62.2 Å². The summed E-state index contributed by atoms with van der Waals surface area (Å²) in [6.45, 7) is 6.49. The molecule has 0 spiro atoms. The van der Waals surface area contributed by atoms with Gasteiger partial charge in [0.15, 0.2) is 0 Å². The first-order valence-corrected chi connectivity index (χ1v) is 6.15. The van der Waals surface area contributed by atoms with Crippen LogP contribution in [-0.4, -0.2) is 0 Å². The number of allylic oxidation sites excluding steroid dienone is 4. The predicted molar refractivity (Wildman–Crippen MR) is 73.7 cm³/mol. The van der Waals surface area contributed by atoms with Gasteiger partial charge in [0.25, 0.3) is 0 Å². The van der Waals surface area contributed by atoms with Gasteiger partial charge in [-0.25, -0.2) is 0 Å². The van der Waals surface area contributed by atoms with Crippen molar-refractivity contribution in [1.82, 2.24) is 0 Å². The Morgan fingerprint density at radius 2 is 1.94 bits per heavy atom. The number of rotatable bonds is 4. The Labute approximate surface area is 104 Å². The third-order valence-corrected chi connectivity index (χ3v) is 2.99. The maximum atomic E-state index is 5.87. The van der Waals surface area contributed by atoms with Gasteiger partial charge in [0.05, 0.1) is 0 Å². The van der Waals surface area contributed by atoms with Gasteiger partial charge in [0, 0.05) is 5.02 Å². The third-order valence-electron chi connectivity index (χ3n) is 2.74. The van der Waals surface area contributed by atoms with Crippen molar-refractivity contribution in [3.05, 3.63) is 53.1 Å². The molecule has 0 radical (unpaired) electrons. The fourth-order valence-corrected chi connectivity index (χ4v) is 1.53. The molecule has 1 atom stereocenters. The van der Waals surface area contributed by atoms with Crippen LogP contribution in [0.2, 0.25) is 5.02 Å². The van der Waals surface area contributed by atoms with Gasteiger partial charge < -0.3 is 0 Å². The molecule has 0 saturated carbocycles. The Balaban J connectivity index is 2.84. The smallest absolute Gasteiger partial charge is 0.0406 e. The summed E-state index contributed by atoms with van der Waals surface area (Å²) in [6, 6.07) is 7.96. The molecular formula is C15H19Cl. The second-order valence-electron chi connectivity index (χ2n) is 4.00. The van der Waals surface area contributed by atoms with Gasteiger partial charge in [-0.15, -0.1) is 0 Å². The van der Waals surface area contributed by atoms with E-state index in [1.54, 1.807) is 0 Å². The lowest BCUT2D eigenvalue weighted by molar-refractivity contribution is 0.698. The summed E-state index contributed by atoms with van der Waals surface area (Å²) in [5.74, 6) is 0.627. The van der Waals surface area contributed by atoms with Crippen LogP contribution < -0.4 is 0 Å². The second-order valence-corrected chi connectivity index (χ2v) is 4.43. The van der Waals surface area contributed by atoms with Crippen LogP contribution in [0.1, 0.15) is 32.8 Å². The standard InChI is InChI=1S/C15H19Cl/c1-4-12(3)6-7-13(5-2)14-8-10-15(16)11-9-14/h5-12H,4H2,1-3H3/b7-6-,13-5+/t12-/m0/s1. The van der Waals surface area contributed by atoms with Crippen molar-refractivity contribution in [2.45, 2.75) is 27.2 Å². The zero-order chi connectivity index (χ0) is 12.0. The minimum absolute atomic E-state index is 0.627. The van der Waals surface area contributed by atoms with Crippen molar-refractivity contribution in [3.63, 3.8) is 0 Å². The number of hydrogen-bond donors (Lipinski definition) is 0. The van der Waals surface area contributed by atoms with E-state index in [2.05, 4.69) is 51.1 Å². The zero-order valence-corrected chi connectivity index (χ0v) is 11.0. The van der Waals surface area contributed by atoms with E-state index in [0.717, 1.165) is 5.02 Å². The van der Waals surface area contributed by atoms with Crippen molar-refractivity contribution in [1.29, 1.82) is 0 Å². The molecule has 0 heterocycles. The van der Waals surface area contributed by atoms with Crippen LogP contribution in [0.15, 0.2) is 42.5 Å². The van der Waals surface area contributed by atoms with E-state index in [1.807, 2.05) is 12.1 Å². The molecule has 0 amide bonds. The first-order chi connectivity index (χ1) is 7.67. The number of hydrogen-bond acceptors (Lipinski definition) is 0. The van der Waals surface area contributed by atoms with E-state index in [-0.39, 0.29) is 0 Å². The van der Waals surface area contributed by atoms with Gasteiger partial charge in [0.2, 0.25) is 0 Å². The Bertz CT molecular complexity index is 371. The largest absolute Gasteiger partial charge is 0.0843 e. The molecule has 1 aromatic rings. The molecule has 0 N–H and O–H groups in total. The quantitative estimate of drug-likeness (QED) is 0.617. The third kappa shape index (κ3) is 3.86. The van der Waals surface area contributed by atoms with E-state index in [1.165, 1.54) is 17.6 Å². The predicted octanol–water partition coefficient (Wildman–Crippen LogP) is 5.35. The fraction of sp³-hybridized carbons (Fsp3) is 0.333. The minimum atomic E-state index is 0.627. The van der Waals surface area contributed by atoms with Crippen molar-refractivity contribution >= 4 is 17.2 Å². The fourth-order valence-electron chi connectivity index (χ4n) is 1.41. The van der Waals surface area contributed by atoms with Crippen molar-refractivity contribution in [2.75, 3.05) is 0 Å². The molecule has 0 aromatic heterocycles. The first-order valence-electron chi connectivity index (χ1n) is 5.77. The Hall–Kier alpha value is -1.01. The van der Waals surface area contributed by atoms with Crippen LogP contribution in [0.3, 0.4) is 0 Å². The summed E-state index contributed by atoms with van der Waals surface area (Å²) >= 11 is 5.87. The normalized spacial score (nSPS) is 14.4. The van der Waals surface area contributed by atoms with Crippen molar-refractivity contribution in [3.8, 4) is 0 Å². The monoisotopic (exact) mass is 234 g/mol. The minimum Gasteiger partial charge on any atom is -0.0843 e. The van der Waals surface area contributed by atoms with Gasteiger partial charge in [-0.2, -0.15) is 0 Å². The maximum absolute atomic E-state index is 5.87. The van der Waals surface area contributed by atoms with Gasteiger partial charge in [-0.05, 0) is 36.1 Å². The molecule has 0 aliphatic rings. The topological polar surface area (TPSA) is 0 Å².